The lowest BCUT2D eigenvalue weighted by molar-refractivity contribution is -0.0328. The van der Waals surface area contributed by atoms with E-state index >= 15 is 0 Å². The van der Waals surface area contributed by atoms with Crippen LogP contribution >= 0.6 is 11.8 Å². The van der Waals surface area contributed by atoms with Crippen LogP contribution in [0.5, 0.6) is 0 Å². The van der Waals surface area contributed by atoms with Crippen molar-refractivity contribution in [3.8, 4) is 0 Å². The number of alkyl halides is 3. The molecule has 0 N–H and O–H groups in total. The predicted octanol–water partition coefficient (Wildman–Crippen LogP) is 1.34. The van der Waals surface area contributed by atoms with Crippen LogP contribution in [0, 0.1) is 0 Å². The zero-order chi connectivity index (χ0) is 10.6. The first-order valence-electron chi connectivity index (χ1n) is 3.57. The van der Waals surface area contributed by atoms with Crippen LogP contribution in [0.2, 0.25) is 0 Å². The van der Waals surface area contributed by atoms with Gasteiger partial charge in [0.15, 0.2) is 6.29 Å². The van der Waals surface area contributed by atoms with E-state index in [2.05, 4.69) is 10.3 Å². The van der Waals surface area contributed by atoms with Gasteiger partial charge in [0.05, 0.1) is 12.7 Å². The molecule has 0 atom stereocenters. The van der Waals surface area contributed by atoms with Crippen molar-refractivity contribution in [2.24, 2.45) is 0 Å². The van der Waals surface area contributed by atoms with Gasteiger partial charge in [-0.1, -0.05) is 5.21 Å². The van der Waals surface area contributed by atoms with E-state index in [0.717, 1.165) is 0 Å². The highest BCUT2D eigenvalue weighted by Crippen LogP contribution is 2.29. The lowest BCUT2D eigenvalue weighted by atomic mass is 10.5. The summed E-state index contributed by atoms with van der Waals surface area (Å²) < 4.78 is 36.3. The Hall–Kier alpha value is -1.05. The van der Waals surface area contributed by atoms with Crippen molar-refractivity contribution in [2.75, 3.05) is 5.75 Å². The molecular weight excluding hydrogens is 219 g/mol. The number of aryl methyl sites for hydroxylation is 1. The second-order valence-corrected chi connectivity index (χ2v) is 3.48. The van der Waals surface area contributed by atoms with E-state index in [-0.39, 0.29) is 29.8 Å². The number of aromatic nitrogens is 3. The van der Waals surface area contributed by atoms with Gasteiger partial charge >= 0.3 is 5.51 Å². The molecule has 1 heterocycles. The average molecular weight is 225 g/mol. The molecule has 8 heteroatoms. The van der Waals surface area contributed by atoms with Gasteiger partial charge in [-0.15, -0.1) is 5.10 Å². The minimum Gasteiger partial charge on any atom is -0.296 e. The van der Waals surface area contributed by atoms with Crippen LogP contribution in [0.3, 0.4) is 0 Å². The number of hydrogen-bond donors (Lipinski definition) is 0. The van der Waals surface area contributed by atoms with Crippen LogP contribution in [0.1, 0.15) is 10.5 Å². The fraction of sp³-hybridized carbons (Fsp3) is 0.500. The smallest absolute Gasteiger partial charge is 0.296 e. The molecule has 0 fully saturated rings. The van der Waals surface area contributed by atoms with E-state index in [1.807, 2.05) is 0 Å². The van der Waals surface area contributed by atoms with Gasteiger partial charge in [-0.05, 0) is 11.8 Å². The Morgan fingerprint density at radius 1 is 1.57 bits per heavy atom. The Morgan fingerprint density at radius 2 is 2.29 bits per heavy atom. The van der Waals surface area contributed by atoms with Crippen LogP contribution in [0.4, 0.5) is 13.2 Å². The van der Waals surface area contributed by atoms with Crippen LogP contribution in [-0.4, -0.2) is 32.5 Å². The third-order valence-electron chi connectivity index (χ3n) is 1.26. The summed E-state index contributed by atoms with van der Waals surface area (Å²) in [6, 6.07) is 0. The van der Waals surface area contributed by atoms with Crippen molar-refractivity contribution >= 4 is 18.0 Å². The van der Waals surface area contributed by atoms with Gasteiger partial charge in [0, 0.05) is 5.75 Å². The summed E-state index contributed by atoms with van der Waals surface area (Å²) in [5, 5.41) is 6.87. The van der Waals surface area contributed by atoms with Crippen LogP contribution in [0.25, 0.3) is 0 Å². The Morgan fingerprint density at radius 3 is 2.79 bits per heavy atom. The van der Waals surface area contributed by atoms with Gasteiger partial charge in [-0.3, -0.25) is 9.48 Å². The minimum absolute atomic E-state index is 0.0744. The van der Waals surface area contributed by atoms with E-state index in [9.17, 15) is 18.0 Å². The van der Waals surface area contributed by atoms with Crippen LogP contribution < -0.4 is 0 Å². The molecule has 0 spiro atoms. The molecule has 0 bridgehead atoms. The number of aldehydes is 1. The van der Waals surface area contributed by atoms with Gasteiger partial charge < -0.3 is 0 Å². The molecule has 0 saturated carbocycles. The SMILES string of the molecule is O=Cc1cn(CCSC(F)(F)F)nn1. The molecule has 0 aromatic carbocycles. The Kier molecular flexibility index (Phi) is 3.50. The maximum atomic E-state index is 11.7. The van der Waals surface area contributed by atoms with Gasteiger partial charge in [-0.2, -0.15) is 13.2 Å². The fourth-order valence-corrected chi connectivity index (χ4v) is 1.24. The van der Waals surface area contributed by atoms with Crippen molar-refractivity contribution in [1.29, 1.82) is 0 Å². The monoisotopic (exact) mass is 225 g/mol. The largest absolute Gasteiger partial charge is 0.441 e. The third-order valence-corrected chi connectivity index (χ3v) is 1.98. The Labute approximate surface area is 81.5 Å². The molecule has 0 aliphatic heterocycles. The molecule has 4 nitrogen and oxygen atoms in total. The molecule has 0 amide bonds. The summed E-state index contributed by atoms with van der Waals surface area (Å²) in [6.07, 6.45) is 1.78. The number of carbonyl (C=O) groups is 1. The molecule has 0 unspecified atom stereocenters. The summed E-state index contributed by atoms with van der Waals surface area (Å²) in [4.78, 5) is 10.2. The normalized spacial score (nSPS) is 11.6. The number of thioether (sulfide) groups is 1. The van der Waals surface area contributed by atoms with Crippen molar-refractivity contribution in [3.63, 3.8) is 0 Å². The zero-order valence-corrected chi connectivity index (χ0v) is 7.68. The number of halogens is 3. The van der Waals surface area contributed by atoms with E-state index in [0.29, 0.717) is 6.29 Å². The molecule has 1 rings (SSSR count). The van der Waals surface area contributed by atoms with Gasteiger partial charge in [0.25, 0.3) is 0 Å². The number of carbonyl (C=O) groups excluding carboxylic acids is 1. The molecule has 0 radical (unpaired) electrons. The average Bonchev–Trinajstić information content (AvgIpc) is 2.50. The minimum atomic E-state index is -4.23. The zero-order valence-electron chi connectivity index (χ0n) is 6.86. The summed E-state index contributed by atoms with van der Waals surface area (Å²) in [6.45, 7) is 0.0744. The van der Waals surface area contributed by atoms with Crippen LogP contribution in [-0.2, 0) is 6.54 Å². The molecular formula is C6H6F3N3OS. The highest BCUT2D eigenvalue weighted by molar-refractivity contribution is 8.00. The molecule has 1 aromatic heterocycles. The predicted molar refractivity (Wildman–Crippen MR) is 43.9 cm³/mol. The van der Waals surface area contributed by atoms with E-state index < -0.39 is 5.51 Å². The first kappa shape index (κ1) is 11.0. The summed E-state index contributed by atoms with van der Waals surface area (Å²) in [7, 11) is 0. The number of hydrogen-bond acceptors (Lipinski definition) is 4. The van der Waals surface area contributed by atoms with Crippen molar-refractivity contribution < 1.29 is 18.0 Å². The number of rotatable bonds is 4. The number of nitrogens with zero attached hydrogens (tertiary/aromatic N) is 3. The van der Waals surface area contributed by atoms with Crippen molar-refractivity contribution in [1.82, 2.24) is 15.0 Å². The maximum absolute atomic E-state index is 11.7. The Balaban J connectivity index is 2.35. The summed E-state index contributed by atoms with van der Waals surface area (Å²) >= 11 is -0.132. The van der Waals surface area contributed by atoms with Gasteiger partial charge in [0.2, 0.25) is 0 Å². The highest BCUT2D eigenvalue weighted by atomic mass is 32.2. The molecule has 0 saturated heterocycles. The Bertz CT molecular complexity index is 312. The molecule has 0 aliphatic rings. The maximum Gasteiger partial charge on any atom is 0.441 e. The van der Waals surface area contributed by atoms with E-state index in [4.69, 9.17) is 0 Å². The summed E-state index contributed by atoms with van der Waals surface area (Å²) in [5.41, 5.74) is -4.12. The molecule has 78 valence electrons. The van der Waals surface area contributed by atoms with E-state index in [1.54, 1.807) is 0 Å². The molecule has 1 aromatic rings. The van der Waals surface area contributed by atoms with Gasteiger partial charge in [0.1, 0.15) is 5.69 Å². The van der Waals surface area contributed by atoms with Crippen molar-refractivity contribution in [3.05, 3.63) is 11.9 Å². The molecule has 14 heavy (non-hydrogen) atoms. The fourth-order valence-electron chi connectivity index (χ4n) is 0.732. The second kappa shape index (κ2) is 4.45. The summed E-state index contributed by atoms with van der Waals surface area (Å²) in [5.74, 6) is -0.148. The lowest BCUT2D eigenvalue weighted by Gasteiger charge is -2.04. The van der Waals surface area contributed by atoms with E-state index in [1.165, 1.54) is 10.9 Å². The lowest BCUT2D eigenvalue weighted by Crippen LogP contribution is -2.07. The first-order valence-corrected chi connectivity index (χ1v) is 4.56. The molecule has 0 aliphatic carbocycles. The first-order chi connectivity index (χ1) is 6.51. The van der Waals surface area contributed by atoms with Crippen LogP contribution in [0.15, 0.2) is 6.20 Å². The standard InChI is InChI=1S/C6H6F3N3OS/c7-6(8,9)14-2-1-12-3-5(4-13)10-11-12/h3-4H,1-2H2. The third kappa shape index (κ3) is 3.77. The van der Waals surface area contributed by atoms with Crippen molar-refractivity contribution in [2.45, 2.75) is 12.1 Å². The topological polar surface area (TPSA) is 47.8 Å². The quantitative estimate of drug-likeness (QED) is 0.725. The highest BCUT2D eigenvalue weighted by Gasteiger charge is 2.27. The second-order valence-electron chi connectivity index (χ2n) is 2.32. The van der Waals surface area contributed by atoms with Gasteiger partial charge in [-0.25, -0.2) is 0 Å².